The highest BCUT2D eigenvalue weighted by Gasteiger charge is 2.03. The topological polar surface area (TPSA) is 66.4 Å². The third-order valence-corrected chi connectivity index (χ3v) is 3.50. The summed E-state index contributed by atoms with van der Waals surface area (Å²) in [6.45, 7) is 0.188. The molecule has 0 saturated heterocycles. The van der Waals surface area contributed by atoms with E-state index in [0.717, 1.165) is 10.9 Å². The summed E-state index contributed by atoms with van der Waals surface area (Å²) in [6, 6.07) is 14.1. The van der Waals surface area contributed by atoms with Crippen molar-refractivity contribution in [3.63, 3.8) is 0 Å². The van der Waals surface area contributed by atoms with E-state index in [2.05, 4.69) is 11.4 Å². The maximum absolute atomic E-state index is 11.8. The summed E-state index contributed by atoms with van der Waals surface area (Å²) in [5.41, 5.74) is 0.984. The van der Waals surface area contributed by atoms with Gasteiger partial charge in [0.05, 0.1) is 6.61 Å². The molecule has 0 heterocycles. The molecule has 2 rings (SSSR count). The van der Waals surface area contributed by atoms with Gasteiger partial charge in [-0.3, -0.25) is 9.59 Å². The van der Waals surface area contributed by atoms with Gasteiger partial charge in [0, 0.05) is 19.4 Å². The first kappa shape index (κ1) is 16.9. The Morgan fingerprint density at radius 1 is 1.04 bits per heavy atom. The molecular formula is C19H21NO3. The van der Waals surface area contributed by atoms with Gasteiger partial charge in [-0.05, 0) is 34.9 Å². The van der Waals surface area contributed by atoms with Gasteiger partial charge < -0.3 is 10.4 Å². The third kappa shape index (κ3) is 5.68. The number of carbonyl (C=O) groups is 2. The number of hydrogen-bond donors (Lipinski definition) is 2. The molecular weight excluding hydrogens is 290 g/mol. The van der Waals surface area contributed by atoms with Crippen molar-refractivity contribution in [2.75, 3.05) is 13.2 Å². The molecule has 0 aliphatic rings. The van der Waals surface area contributed by atoms with Crippen LogP contribution < -0.4 is 5.32 Å². The van der Waals surface area contributed by atoms with Gasteiger partial charge in [-0.1, -0.05) is 42.5 Å². The molecule has 1 amide bonds. The average molecular weight is 311 g/mol. The summed E-state index contributed by atoms with van der Waals surface area (Å²) in [5, 5.41) is 13.5. The van der Waals surface area contributed by atoms with Crippen LogP contribution in [0.25, 0.3) is 16.8 Å². The average Bonchev–Trinajstić information content (AvgIpc) is 2.58. The first-order chi connectivity index (χ1) is 11.2. The maximum Gasteiger partial charge on any atom is 0.220 e. The molecule has 2 N–H and O–H groups in total. The van der Waals surface area contributed by atoms with Crippen molar-refractivity contribution in [1.82, 2.24) is 5.32 Å². The van der Waals surface area contributed by atoms with E-state index in [-0.39, 0.29) is 24.8 Å². The number of allylic oxidation sites excluding steroid dienone is 1. The Labute approximate surface area is 135 Å². The lowest BCUT2D eigenvalue weighted by molar-refractivity contribution is -0.121. The van der Waals surface area contributed by atoms with Crippen molar-refractivity contribution in [3.05, 3.63) is 54.1 Å². The predicted octanol–water partition coefficient (Wildman–Crippen LogP) is 2.70. The van der Waals surface area contributed by atoms with Crippen LogP contribution in [0.3, 0.4) is 0 Å². The Kier molecular flexibility index (Phi) is 6.51. The molecule has 0 spiro atoms. The van der Waals surface area contributed by atoms with Crippen LogP contribution in [0, 0.1) is 0 Å². The first-order valence-corrected chi connectivity index (χ1v) is 7.76. The van der Waals surface area contributed by atoms with Crippen molar-refractivity contribution in [2.45, 2.75) is 19.3 Å². The fourth-order valence-electron chi connectivity index (χ4n) is 2.29. The zero-order valence-corrected chi connectivity index (χ0v) is 13.0. The summed E-state index contributed by atoms with van der Waals surface area (Å²) in [4.78, 5) is 23.2. The zero-order valence-electron chi connectivity index (χ0n) is 13.0. The van der Waals surface area contributed by atoms with E-state index >= 15 is 0 Å². The molecule has 0 aliphatic heterocycles. The van der Waals surface area contributed by atoms with Crippen molar-refractivity contribution in [2.24, 2.45) is 0 Å². The molecule has 0 atom stereocenters. The van der Waals surface area contributed by atoms with E-state index in [1.165, 1.54) is 5.39 Å². The summed E-state index contributed by atoms with van der Waals surface area (Å²) < 4.78 is 0. The fourth-order valence-corrected chi connectivity index (χ4v) is 2.29. The van der Waals surface area contributed by atoms with Crippen LogP contribution in [0.2, 0.25) is 0 Å². The Balaban J connectivity index is 1.81. The third-order valence-electron chi connectivity index (χ3n) is 3.50. The van der Waals surface area contributed by atoms with Crippen molar-refractivity contribution in [3.8, 4) is 0 Å². The number of carbonyl (C=O) groups excluding carboxylic acids is 2. The number of nitrogens with one attached hydrogen (secondary N) is 1. The summed E-state index contributed by atoms with van der Waals surface area (Å²) >= 11 is 0. The Hall–Kier alpha value is -2.46. The lowest BCUT2D eigenvalue weighted by Gasteiger charge is -2.01. The van der Waals surface area contributed by atoms with Crippen molar-refractivity contribution < 1.29 is 14.7 Å². The fraction of sp³-hybridized carbons (Fsp3) is 0.263. The quantitative estimate of drug-likeness (QED) is 0.737. The van der Waals surface area contributed by atoms with Crippen LogP contribution in [0.4, 0.5) is 0 Å². The van der Waals surface area contributed by atoms with E-state index in [1.54, 1.807) is 12.2 Å². The van der Waals surface area contributed by atoms with E-state index in [0.29, 0.717) is 19.3 Å². The second-order valence-corrected chi connectivity index (χ2v) is 5.33. The largest absolute Gasteiger partial charge is 0.395 e. The van der Waals surface area contributed by atoms with Crippen molar-refractivity contribution in [1.29, 1.82) is 0 Å². The molecule has 120 valence electrons. The maximum atomic E-state index is 11.8. The number of fused-ring (bicyclic) bond motifs is 1. The van der Waals surface area contributed by atoms with Gasteiger partial charge in [-0.15, -0.1) is 0 Å². The first-order valence-electron chi connectivity index (χ1n) is 7.76. The van der Waals surface area contributed by atoms with Crippen LogP contribution in [0.15, 0.2) is 48.5 Å². The molecule has 0 unspecified atom stereocenters. The van der Waals surface area contributed by atoms with E-state index < -0.39 is 0 Å². The van der Waals surface area contributed by atoms with Gasteiger partial charge in [0.2, 0.25) is 5.91 Å². The summed E-state index contributed by atoms with van der Waals surface area (Å²) in [5.74, 6) is -0.126. The molecule has 23 heavy (non-hydrogen) atoms. The van der Waals surface area contributed by atoms with Crippen LogP contribution in [0.1, 0.15) is 24.8 Å². The Bertz CT molecular complexity index is 707. The Morgan fingerprint density at radius 2 is 1.83 bits per heavy atom. The molecule has 0 radical (unpaired) electrons. The standard InChI is InChI=1S/C19H21NO3/c21-13-12-20-19(23)7-3-6-18(22)11-9-15-8-10-16-4-1-2-5-17(16)14-15/h1-2,4-5,8-11,14,21H,3,6-7,12-13H2,(H,20,23)/b11-9+. The number of rotatable bonds is 8. The van der Waals surface area contributed by atoms with Gasteiger partial charge >= 0.3 is 0 Å². The van der Waals surface area contributed by atoms with E-state index in [1.807, 2.05) is 36.4 Å². The summed E-state index contributed by atoms with van der Waals surface area (Å²) in [7, 11) is 0. The predicted molar refractivity (Wildman–Crippen MR) is 91.9 cm³/mol. The van der Waals surface area contributed by atoms with Gasteiger partial charge in [0.25, 0.3) is 0 Å². The SMILES string of the molecule is O=C(/C=C/c1ccc2ccccc2c1)CCCC(=O)NCCO. The lowest BCUT2D eigenvalue weighted by atomic mass is 10.1. The lowest BCUT2D eigenvalue weighted by Crippen LogP contribution is -2.26. The molecule has 4 nitrogen and oxygen atoms in total. The van der Waals surface area contributed by atoms with Gasteiger partial charge in [0.1, 0.15) is 0 Å². The highest BCUT2D eigenvalue weighted by Crippen LogP contribution is 2.16. The molecule has 0 fully saturated rings. The number of ketones is 1. The minimum absolute atomic E-state index is 0.00752. The van der Waals surface area contributed by atoms with Gasteiger partial charge in [-0.2, -0.15) is 0 Å². The van der Waals surface area contributed by atoms with Crippen molar-refractivity contribution >= 4 is 28.5 Å². The van der Waals surface area contributed by atoms with E-state index in [9.17, 15) is 9.59 Å². The monoisotopic (exact) mass is 311 g/mol. The molecule has 0 bridgehead atoms. The number of hydrogen-bond acceptors (Lipinski definition) is 3. The number of amides is 1. The molecule has 4 heteroatoms. The zero-order chi connectivity index (χ0) is 16.5. The van der Waals surface area contributed by atoms with E-state index in [4.69, 9.17) is 5.11 Å². The molecule has 0 aliphatic carbocycles. The second-order valence-electron chi connectivity index (χ2n) is 5.33. The van der Waals surface area contributed by atoms with Gasteiger partial charge in [0.15, 0.2) is 5.78 Å². The Morgan fingerprint density at radius 3 is 2.61 bits per heavy atom. The van der Waals surface area contributed by atoms with Crippen LogP contribution in [-0.2, 0) is 9.59 Å². The van der Waals surface area contributed by atoms with Gasteiger partial charge in [-0.25, -0.2) is 0 Å². The molecule has 0 saturated carbocycles. The highest BCUT2D eigenvalue weighted by atomic mass is 16.3. The van der Waals surface area contributed by atoms with Crippen LogP contribution >= 0.6 is 0 Å². The smallest absolute Gasteiger partial charge is 0.220 e. The number of aliphatic hydroxyl groups is 1. The number of benzene rings is 2. The molecule has 2 aromatic rings. The van der Waals surface area contributed by atoms with Crippen LogP contribution in [-0.4, -0.2) is 29.9 Å². The minimum Gasteiger partial charge on any atom is -0.395 e. The molecule has 0 aromatic heterocycles. The summed E-state index contributed by atoms with van der Waals surface area (Å²) in [6.07, 6.45) is 4.53. The second kappa shape index (κ2) is 8.86. The van der Waals surface area contributed by atoms with Crippen LogP contribution in [0.5, 0.6) is 0 Å². The highest BCUT2D eigenvalue weighted by molar-refractivity contribution is 5.94. The number of aliphatic hydroxyl groups excluding tert-OH is 1. The molecule has 2 aromatic carbocycles. The minimum atomic E-state index is -0.134. The normalized spacial score (nSPS) is 11.0.